The van der Waals surface area contributed by atoms with Crippen molar-refractivity contribution in [3.63, 3.8) is 0 Å². The van der Waals surface area contributed by atoms with Gasteiger partial charge in [-0.15, -0.1) is 11.8 Å². The molecule has 0 spiro atoms. The minimum Gasteiger partial charge on any atom is -0.477 e. The lowest BCUT2D eigenvalue weighted by molar-refractivity contribution is 0.0694. The largest absolute Gasteiger partial charge is 0.477 e. The van der Waals surface area contributed by atoms with Gasteiger partial charge in [0.25, 0.3) is 0 Å². The second-order valence-corrected chi connectivity index (χ2v) is 6.87. The topological polar surface area (TPSA) is 67.2 Å². The Hall–Kier alpha value is -1.95. The predicted molar refractivity (Wildman–Crippen MR) is 87.7 cm³/mol. The highest BCUT2D eigenvalue weighted by molar-refractivity contribution is 7.98. The van der Waals surface area contributed by atoms with Crippen LogP contribution in [0.2, 0.25) is 0 Å². The first-order valence-corrected chi connectivity index (χ1v) is 8.39. The second-order valence-electron chi connectivity index (χ2n) is 6.07. The van der Waals surface area contributed by atoms with Crippen molar-refractivity contribution in [2.24, 2.45) is 0 Å². The quantitative estimate of drug-likeness (QED) is 0.847. The van der Waals surface area contributed by atoms with Gasteiger partial charge in [-0.25, -0.2) is 9.48 Å². The molecule has 1 unspecified atom stereocenters. The van der Waals surface area contributed by atoms with Gasteiger partial charge in [-0.2, -0.15) is 5.10 Å². The SMILES string of the molecule is CSc1nn2c(c1C(=O)O)NC(c1ccccc1)CC2(C)C. The van der Waals surface area contributed by atoms with Crippen LogP contribution in [-0.4, -0.2) is 27.1 Å². The van der Waals surface area contributed by atoms with Crippen LogP contribution in [0.1, 0.15) is 42.2 Å². The fraction of sp³-hybridized carbons (Fsp3) is 0.375. The third kappa shape index (κ3) is 2.37. The lowest BCUT2D eigenvalue weighted by atomic mass is 9.89. The minimum absolute atomic E-state index is 0.0770. The molecule has 0 aliphatic carbocycles. The van der Waals surface area contributed by atoms with Gasteiger partial charge in [0.05, 0.1) is 11.6 Å². The molecule has 1 aliphatic rings. The summed E-state index contributed by atoms with van der Waals surface area (Å²) < 4.78 is 1.82. The molecule has 0 radical (unpaired) electrons. The normalized spacial score (nSPS) is 19.3. The van der Waals surface area contributed by atoms with E-state index in [1.165, 1.54) is 11.8 Å². The molecule has 2 heterocycles. The summed E-state index contributed by atoms with van der Waals surface area (Å²) in [4.78, 5) is 11.7. The Morgan fingerprint density at radius 1 is 1.41 bits per heavy atom. The van der Waals surface area contributed by atoms with Gasteiger partial charge in [0.1, 0.15) is 16.4 Å². The number of anilines is 1. The van der Waals surface area contributed by atoms with Gasteiger partial charge in [0, 0.05) is 0 Å². The number of rotatable bonds is 3. The number of thioether (sulfide) groups is 1. The molecule has 1 aliphatic heterocycles. The fourth-order valence-electron chi connectivity index (χ4n) is 2.99. The van der Waals surface area contributed by atoms with Crippen molar-refractivity contribution in [3.8, 4) is 0 Å². The molecule has 5 nitrogen and oxygen atoms in total. The van der Waals surface area contributed by atoms with E-state index in [4.69, 9.17) is 0 Å². The Bertz CT molecular complexity index is 710. The number of fused-ring (bicyclic) bond motifs is 1. The Kier molecular flexibility index (Phi) is 3.64. The maximum Gasteiger partial charge on any atom is 0.342 e. The van der Waals surface area contributed by atoms with Crippen molar-refractivity contribution in [3.05, 3.63) is 41.5 Å². The van der Waals surface area contributed by atoms with Crippen LogP contribution in [0.3, 0.4) is 0 Å². The van der Waals surface area contributed by atoms with Crippen molar-refractivity contribution in [1.82, 2.24) is 9.78 Å². The second kappa shape index (κ2) is 5.35. The molecule has 0 saturated carbocycles. The number of benzene rings is 1. The van der Waals surface area contributed by atoms with E-state index in [0.29, 0.717) is 10.8 Å². The zero-order chi connectivity index (χ0) is 15.9. The molecular formula is C16H19N3O2S. The molecule has 6 heteroatoms. The lowest BCUT2D eigenvalue weighted by Gasteiger charge is -2.38. The van der Waals surface area contributed by atoms with E-state index >= 15 is 0 Å². The minimum atomic E-state index is -0.942. The molecule has 0 bridgehead atoms. The molecule has 0 amide bonds. The van der Waals surface area contributed by atoms with Gasteiger partial charge in [-0.3, -0.25) is 0 Å². The van der Waals surface area contributed by atoms with E-state index < -0.39 is 5.97 Å². The van der Waals surface area contributed by atoms with Crippen LogP contribution in [0.4, 0.5) is 5.82 Å². The molecule has 0 fully saturated rings. The molecule has 2 N–H and O–H groups in total. The molecule has 116 valence electrons. The summed E-state index contributed by atoms with van der Waals surface area (Å²) in [6.45, 7) is 4.19. The van der Waals surface area contributed by atoms with Crippen LogP contribution in [0, 0.1) is 0 Å². The van der Waals surface area contributed by atoms with Crippen LogP contribution in [0.25, 0.3) is 0 Å². The first-order chi connectivity index (χ1) is 10.4. The van der Waals surface area contributed by atoms with Crippen LogP contribution in [0.5, 0.6) is 0 Å². The molecule has 1 aromatic heterocycles. The summed E-state index contributed by atoms with van der Waals surface area (Å²) >= 11 is 1.36. The molecule has 22 heavy (non-hydrogen) atoms. The van der Waals surface area contributed by atoms with Crippen LogP contribution < -0.4 is 5.32 Å². The number of nitrogens with zero attached hydrogens (tertiary/aromatic N) is 2. The molecular weight excluding hydrogens is 298 g/mol. The Balaban J connectivity index is 2.11. The summed E-state index contributed by atoms with van der Waals surface area (Å²) in [6, 6.07) is 10.2. The summed E-state index contributed by atoms with van der Waals surface area (Å²) in [5.41, 5.74) is 1.17. The van der Waals surface area contributed by atoms with Crippen molar-refractivity contribution < 1.29 is 9.90 Å². The highest BCUT2D eigenvalue weighted by Gasteiger charge is 2.38. The number of carbonyl (C=O) groups is 1. The van der Waals surface area contributed by atoms with Gasteiger partial charge in [0.15, 0.2) is 0 Å². The maximum atomic E-state index is 11.7. The number of hydrogen-bond donors (Lipinski definition) is 2. The molecule has 1 atom stereocenters. The lowest BCUT2D eigenvalue weighted by Crippen LogP contribution is -2.38. The summed E-state index contributed by atoms with van der Waals surface area (Å²) in [7, 11) is 0. The van der Waals surface area contributed by atoms with Gasteiger partial charge in [0.2, 0.25) is 0 Å². The van der Waals surface area contributed by atoms with Gasteiger partial charge in [-0.05, 0) is 32.1 Å². The zero-order valence-corrected chi connectivity index (χ0v) is 13.6. The van der Waals surface area contributed by atoms with Crippen LogP contribution in [0.15, 0.2) is 35.4 Å². The average molecular weight is 317 g/mol. The predicted octanol–water partition coefficient (Wildman–Crippen LogP) is 3.60. The van der Waals surface area contributed by atoms with E-state index in [9.17, 15) is 9.90 Å². The fourth-order valence-corrected chi connectivity index (χ4v) is 3.55. The van der Waals surface area contributed by atoms with Crippen LogP contribution >= 0.6 is 11.8 Å². The number of carboxylic acid groups (broad SMARTS) is 1. The monoisotopic (exact) mass is 317 g/mol. The van der Waals surface area contributed by atoms with Crippen molar-refractivity contribution in [1.29, 1.82) is 0 Å². The van der Waals surface area contributed by atoms with E-state index in [-0.39, 0.29) is 17.1 Å². The number of nitrogens with one attached hydrogen (secondary N) is 1. The van der Waals surface area contributed by atoms with E-state index in [0.717, 1.165) is 12.0 Å². The van der Waals surface area contributed by atoms with Gasteiger partial charge in [-0.1, -0.05) is 30.3 Å². The smallest absolute Gasteiger partial charge is 0.342 e. The molecule has 3 rings (SSSR count). The van der Waals surface area contributed by atoms with Crippen molar-refractivity contribution in [2.45, 2.75) is 36.9 Å². The highest BCUT2D eigenvalue weighted by Crippen LogP contribution is 2.42. The third-order valence-corrected chi connectivity index (χ3v) is 4.72. The van der Waals surface area contributed by atoms with Crippen LogP contribution in [-0.2, 0) is 5.54 Å². The van der Waals surface area contributed by atoms with E-state index in [1.54, 1.807) is 0 Å². The van der Waals surface area contributed by atoms with E-state index in [2.05, 4.69) is 36.4 Å². The van der Waals surface area contributed by atoms with Crippen molar-refractivity contribution in [2.75, 3.05) is 11.6 Å². The first-order valence-electron chi connectivity index (χ1n) is 7.16. The number of aromatic carboxylic acids is 1. The first kappa shape index (κ1) is 15.0. The molecule has 0 saturated heterocycles. The third-order valence-electron chi connectivity index (χ3n) is 4.05. The van der Waals surface area contributed by atoms with Gasteiger partial charge < -0.3 is 10.4 Å². The number of hydrogen-bond acceptors (Lipinski definition) is 4. The van der Waals surface area contributed by atoms with Crippen molar-refractivity contribution >= 4 is 23.5 Å². The Morgan fingerprint density at radius 2 is 2.09 bits per heavy atom. The number of aromatic nitrogens is 2. The maximum absolute atomic E-state index is 11.7. The number of carboxylic acids is 1. The summed E-state index contributed by atoms with van der Waals surface area (Å²) in [5, 5.41) is 18.0. The summed E-state index contributed by atoms with van der Waals surface area (Å²) in [5.74, 6) is -0.343. The molecule has 2 aromatic rings. The van der Waals surface area contributed by atoms with Gasteiger partial charge >= 0.3 is 5.97 Å². The Labute approximate surface area is 133 Å². The Morgan fingerprint density at radius 3 is 2.68 bits per heavy atom. The summed E-state index contributed by atoms with van der Waals surface area (Å²) in [6.07, 6.45) is 2.70. The van der Waals surface area contributed by atoms with E-state index in [1.807, 2.05) is 29.1 Å². The highest BCUT2D eigenvalue weighted by atomic mass is 32.2. The average Bonchev–Trinajstić information content (AvgIpc) is 2.87. The standard InChI is InChI=1S/C16H19N3O2S/c1-16(2)9-11(10-7-5-4-6-8-10)17-13-12(15(20)21)14(22-3)18-19(13)16/h4-8,11,17H,9H2,1-3H3,(H,20,21). The zero-order valence-electron chi connectivity index (χ0n) is 12.8. The molecule has 1 aromatic carbocycles.